The van der Waals surface area contributed by atoms with E-state index in [9.17, 15) is 9.90 Å². The van der Waals surface area contributed by atoms with Gasteiger partial charge in [0.2, 0.25) is 12.5 Å². The molecule has 2 aromatic rings. The number of hydrogen-bond acceptors (Lipinski definition) is 7. The summed E-state index contributed by atoms with van der Waals surface area (Å²) >= 11 is 0. The number of fused-ring (bicyclic) bond motifs is 2. The van der Waals surface area contributed by atoms with Gasteiger partial charge >= 0.3 is 0 Å². The number of ketones is 1. The fourth-order valence-corrected chi connectivity index (χ4v) is 3.65. The lowest BCUT2D eigenvalue weighted by Gasteiger charge is -2.33. The van der Waals surface area contributed by atoms with Crippen molar-refractivity contribution in [1.29, 1.82) is 0 Å². The maximum atomic E-state index is 13.2. The van der Waals surface area contributed by atoms with Crippen LogP contribution in [0.3, 0.4) is 0 Å². The van der Waals surface area contributed by atoms with Crippen molar-refractivity contribution >= 4 is 5.78 Å². The van der Waals surface area contributed by atoms with Crippen LogP contribution in [0.4, 0.5) is 0 Å². The van der Waals surface area contributed by atoms with Crippen molar-refractivity contribution in [2.24, 2.45) is 0 Å². The zero-order valence-electron chi connectivity index (χ0n) is 15.3. The molecule has 0 saturated carbocycles. The Kier molecular flexibility index (Phi) is 4.11. The van der Waals surface area contributed by atoms with Crippen LogP contribution in [0.2, 0.25) is 0 Å². The molecule has 1 heterocycles. The molecule has 1 aliphatic heterocycles. The molecule has 0 saturated heterocycles. The molecule has 0 aromatic heterocycles. The minimum Gasteiger partial charge on any atom is -0.493 e. The third kappa shape index (κ3) is 2.57. The Morgan fingerprint density at radius 1 is 0.963 bits per heavy atom. The van der Waals surface area contributed by atoms with Gasteiger partial charge in [-0.2, -0.15) is 0 Å². The SMILES string of the molecule is COc1cc(C2(O)CCc3cc4c(cc3C2=O)OCO4)cc(OC)c1OC. The van der Waals surface area contributed by atoms with Gasteiger partial charge in [0.15, 0.2) is 34.4 Å². The van der Waals surface area contributed by atoms with Gasteiger partial charge in [-0.3, -0.25) is 4.79 Å². The van der Waals surface area contributed by atoms with Gasteiger partial charge in [-0.15, -0.1) is 0 Å². The minimum absolute atomic E-state index is 0.129. The lowest BCUT2D eigenvalue weighted by Crippen LogP contribution is -2.40. The van der Waals surface area contributed by atoms with Crippen LogP contribution in [0, 0.1) is 0 Å². The number of rotatable bonds is 4. The monoisotopic (exact) mass is 372 g/mol. The van der Waals surface area contributed by atoms with E-state index in [1.165, 1.54) is 21.3 Å². The van der Waals surface area contributed by atoms with E-state index in [1.54, 1.807) is 18.2 Å². The highest BCUT2D eigenvalue weighted by Gasteiger charge is 2.44. The molecule has 0 amide bonds. The van der Waals surface area contributed by atoms with Crippen LogP contribution in [0.1, 0.15) is 27.9 Å². The Hall–Kier alpha value is -2.93. The molecule has 1 unspecified atom stereocenters. The second kappa shape index (κ2) is 6.35. The summed E-state index contributed by atoms with van der Waals surface area (Å²) in [6, 6.07) is 6.67. The standard InChI is InChI=1S/C20H20O7/c1-23-16-7-12(8-17(24-2)18(16)25-3)20(22)5-4-11-6-14-15(27-10-26-14)9-13(11)19(20)21/h6-9,22H,4-5,10H2,1-3H3. The molecule has 0 fully saturated rings. The van der Waals surface area contributed by atoms with E-state index >= 15 is 0 Å². The zero-order valence-corrected chi connectivity index (χ0v) is 15.3. The summed E-state index contributed by atoms with van der Waals surface area (Å²) in [7, 11) is 4.48. The van der Waals surface area contributed by atoms with E-state index in [2.05, 4.69) is 0 Å². The quantitative estimate of drug-likeness (QED) is 0.883. The molecule has 1 N–H and O–H groups in total. The number of benzene rings is 2. The van der Waals surface area contributed by atoms with E-state index in [1.807, 2.05) is 6.07 Å². The van der Waals surface area contributed by atoms with Crippen molar-refractivity contribution in [3.05, 3.63) is 41.0 Å². The predicted octanol–water partition coefficient (Wildman–Crippen LogP) is 2.46. The molecule has 7 nitrogen and oxygen atoms in total. The van der Waals surface area contributed by atoms with Crippen LogP contribution in [0.25, 0.3) is 0 Å². The Morgan fingerprint density at radius 3 is 2.19 bits per heavy atom. The van der Waals surface area contributed by atoms with Crippen molar-refractivity contribution in [3.63, 3.8) is 0 Å². The first-order valence-corrected chi connectivity index (χ1v) is 8.52. The van der Waals surface area contributed by atoms with E-state index in [0.717, 1.165) is 5.56 Å². The number of aryl methyl sites for hydroxylation is 1. The molecule has 142 valence electrons. The summed E-state index contributed by atoms with van der Waals surface area (Å²) < 4.78 is 26.8. The van der Waals surface area contributed by atoms with Gasteiger partial charge in [-0.05, 0) is 48.2 Å². The number of carbonyl (C=O) groups is 1. The summed E-state index contributed by atoms with van der Waals surface area (Å²) in [5.41, 5.74) is -0.0403. The Morgan fingerprint density at radius 2 is 1.59 bits per heavy atom. The maximum Gasteiger partial charge on any atom is 0.231 e. The summed E-state index contributed by atoms with van der Waals surface area (Å²) in [4.78, 5) is 13.2. The average Bonchev–Trinajstić information content (AvgIpc) is 3.16. The fourth-order valence-electron chi connectivity index (χ4n) is 3.65. The summed E-state index contributed by atoms with van der Waals surface area (Å²) in [6.07, 6.45) is 0.752. The second-order valence-corrected chi connectivity index (χ2v) is 6.47. The van der Waals surface area contributed by atoms with Crippen LogP contribution >= 0.6 is 0 Å². The van der Waals surface area contributed by atoms with E-state index in [0.29, 0.717) is 46.3 Å². The van der Waals surface area contributed by atoms with Crippen molar-refractivity contribution in [2.75, 3.05) is 28.1 Å². The third-order valence-corrected chi connectivity index (χ3v) is 5.12. The Labute approximate surface area is 156 Å². The van der Waals surface area contributed by atoms with Crippen LogP contribution in [0.5, 0.6) is 28.7 Å². The molecule has 7 heteroatoms. The van der Waals surface area contributed by atoms with Crippen molar-refractivity contribution in [2.45, 2.75) is 18.4 Å². The number of Topliss-reactive ketones (excluding diaryl/α,β-unsaturated/α-hetero) is 1. The lowest BCUT2D eigenvalue weighted by molar-refractivity contribution is 0.0220. The number of aliphatic hydroxyl groups is 1. The molecular weight excluding hydrogens is 352 g/mol. The first kappa shape index (κ1) is 17.5. The third-order valence-electron chi connectivity index (χ3n) is 5.12. The second-order valence-electron chi connectivity index (χ2n) is 6.47. The molecule has 27 heavy (non-hydrogen) atoms. The summed E-state index contributed by atoms with van der Waals surface area (Å²) in [6.45, 7) is 0.129. The minimum atomic E-state index is -1.70. The Balaban J connectivity index is 1.81. The molecule has 2 aliphatic rings. The number of ether oxygens (including phenoxy) is 5. The molecular formula is C20H20O7. The van der Waals surface area contributed by atoms with E-state index in [-0.39, 0.29) is 13.2 Å². The molecule has 4 rings (SSSR count). The first-order valence-electron chi connectivity index (χ1n) is 8.52. The predicted molar refractivity (Wildman–Crippen MR) is 95.2 cm³/mol. The summed E-state index contributed by atoms with van der Waals surface area (Å²) in [5, 5.41) is 11.3. The summed E-state index contributed by atoms with van der Waals surface area (Å²) in [5.74, 6) is 1.90. The Bertz CT molecular complexity index is 896. The van der Waals surface area contributed by atoms with E-state index < -0.39 is 11.4 Å². The largest absolute Gasteiger partial charge is 0.493 e. The van der Waals surface area contributed by atoms with Gasteiger partial charge in [0.1, 0.15) is 0 Å². The van der Waals surface area contributed by atoms with Crippen LogP contribution in [-0.2, 0) is 12.0 Å². The van der Waals surface area contributed by atoms with Crippen molar-refractivity contribution < 1.29 is 33.6 Å². The topological polar surface area (TPSA) is 83.5 Å². The molecule has 0 bridgehead atoms. The van der Waals surface area contributed by atoms with Gasteiger partial charge in [0.05, 0.1) is 21.3 Å². The van der Waals surface area contributed by atoms with Gasteiger partial charge < -0.3 is 28.8 Å². The highest BCUT2D eigenvalue weighted by Crippen LogP contribution is 2.46. The molecule has 0 radical (unpaired) electrons. The molecule has 2 aromatic carbocycles. The molecule has 1 aliphatic carbocycles. The van der Waals surface area contributed by atoms with Crippen LogP contribution in [-0.4, -0.2) is 39.0 Å². The van der Waals surface area contributed by atoms with E-state index in [4.69, 9.17) is 23.7 Å². The van der Waals surface area contributed by atoms with Crippen LogP contribution < -0.4 is 23.7 Å². The van der Waals surface area contributed by atoms with Gasteiger partial charge in [0, 0.05) is 5.56 Å². The lowest BCUT2D eigenvalue weighted by atomic mass is 9.75. The molecule has 1 atom stereocenters. The van der Waals surface area contributed by atoms with Gasteiger partial charge in [-0.1, -0.05) is 0 Å². The highest BCUT2D eigenvalue weighted by atomic mass is 16.7. The number of hydrogen-bond donors (Lipinski definition) is 1. The highest BCUT2D eigenvalue weighted by molar-refractivity contribution is 6.05. The van der Waals surface area contributed by atoms with Crippen LogP contribution in [0.15, 0.2) is 24.3 Å². The normalized spacial score (nSPS) is 20.2. The van der Waals surface area contributed by atoms with Crippen molar-refractivity contribution in [3.8, 4) is 28.7 Å². The fraction of sp³-hybridized carbons (Fsp3) is 0.350. The smallest absolute Gasteiger partial charge is 0.231 e. The molecule has 0 spiro atoms. The maximum absolute atomic E-state index is 13.2. The number of methoxy groups -OCH3 is 3. The van der Waals surface area contributed by atoms with Crippen molar-refractivity contribution in [1.82, 2.24) is 0 Å². The van der Waals surface area contributed by atoms with Gasteiger partial charge in [0.25, 0.3) is 0 Å². The number of carbonyl (C=O) groups excluding carboxylic acids is 1. The average molecular weight is 372 g/mol. The first-order chi connectivity index (χ1) is 13.0. The van der Waals surface area contributed by atoms with Gasteiger partial charge in [-0.25, -0.2) is 0 Å². The zero-order chi connectivity index (χ0) is 19.2.